The van der Waals surface area contributed by atoms with Crippen LogP contribution < -0.4 is 5.32 Å². The summed E-state index contributed by atoms with van der Waals surface area (Å²) in [7, 11) is 0. The number of nitrogens with zero attached hydrogens (tertiary/aromatic N) is 3. The fourth-order valence-electron chi connectivity index (χ4n) is 5.90. The second kappa shape index (κ2) is 9.16. The number of pyridine rings is 1. The molecule has 0 radical (unpaired) electrons. The maximum atomic E-state index is 6.01. The summed E-state index contributed by atoms with van der Waals surface area (Å²) in [4.78, 5) is 7.04. The lowest BCUT2D eigenvalue weighted by molar-refractivity contribution is 0.0842. The highest BCUT2D eigenvalue weighted by Gasteiger charge is 2.42. The Morgan fingerprint density at radius 2 is 1.85 bits per heavy atom. The van der Waals surface area contributed by atoms with Gasteiger partial charge in [-0.05, 0) is 94.6 Å². The van der Waals surface area contributed by atoms with E-state index in [1.165, 1.54) is 39.3 Å². The number of hydrogen-bond donors (Lipinski definition) is 1. The molecule has 34 heavy (non-hydrogen) atoms. The molecule has 3 atom stereocenters. The number of aromatic nitrogens is 2. The Labute approximate surface area is 208 Å². The van der Waals surface area contributed by atoms with Gasteiger partial charge in [-0.2, -0.15) is 0 Å². The van der Waals surface area contributed by atoms with E-state index in [9.17, 15) is 0 Å². The van der Waals surface area contributed by atoms with Crippen LogP contribution in [0.1, 0.15) is 64.3 Å². The molecular formula is C28H34N4OS. The molecule has 0 unspecified atom stereocenters. The monoisotopic (exact) mass is 474 g/mol. The number of aryl methyl sites for hydroxylation is 4. The zero-order valence-corrected chi connectivity index (χ0v) is 21.6. The summed E-state index contributed by atoms with van der Waals surface area (Å²) in [6.45, 7) is 12.7. The SMILES string of the molecule is Cc1cc(C)c(-n2c(C)cc([C@@H]3[C@H](c4ccccn4)NC(=S)N3C[C@@H]3CCCO3)c2C)c(C)c1. The smallest absolute Gasteiger partial charge is 0.170 e. The van der Waals surface area contributed by atoms with Gasteiger partial charge in [0.15, 0.2) is 5.11 Å². The molecule has 5 rings (SSSR count). The van der Waals surface area contributed by atoms with E-state index in [0.29, 0.717) is 0 Å². The second-order valence-corrected chi connectivity index (χ2v) is 10.2. The number of nitrogens with one attached hydrogen (secondary N) is 1. The van der Waals surface area contributed by atoms with E-state index in [1.54, 1.807) is 0 Å². The third kappa shape index (κ3) is 4.03. The minimum absolute atomic E-state index is 0.00994. The highest BCUT2D eigenvalue weighted by molar-refractivity contribution is 7.80. The fourth-order valence-corrected chi connectivity index (χ4v) is 6.22. The first-order valence-electron chi connectivity index (χ1n) is 12.2. The van der Waals surface area contributed by atoms with Gasteiger partial charge in [0.1, 0.15) is 0 Å². The summed E-state index contributed by atoms with van der Waals surface area (Å²) in [5, 5.41) is 4.38. The number of thiocarbonyl (C=S) groups is 1. The summed E-state index contributed by atoms with van der Waals surface area (Å²) in [5.41, 5.74) is 9.95. The molecule has 0 amide bonds. The van der Waals surface area contributed by atoms with Crippen molar-refractivity contribution in [2.75, 3.05) is 13.2 Å². The predicted molar refractivity (Wildman–Crippen MR) is 141 cm³/mol. The quantitative estimate of drug-likeness (QED) is 0.490. The van der Waals surface area contributed by atoms with Gasteiger partial charge in [0.25, 0.3) is 0 Å². The first kappa shape index (κ1) is 23.1. The van der Waals surface area contributed by atoms with Gasteiger partial charge in [0.2, 0.25) is 0 Å². The molecule has 0 bridgehead atoms. The molecule has 2 aromatic heterocycles. The number of hydrogen-bond acceptors (Lipinski definition) is 3. The lowest BCUT2D eigenvalue weighted by Gasteiger charge is -2.30. The number of ether oxygens (including phenoxy) is 1. The fraction of sp³-hybridized carbons (Fsp3) is 0.429. The van der Waals surface area contributed by atoms with Crippen LogP contribution in [0.3, 0.4) is 0 Å². The van der Waals surface area contributed by atoms with Crippen LogP contribution in [0, 0.1) is 34.6 Å². The molecule has 178 valence electrons. The minimum atomic E-state index is -0.00994. The Morgan fingerprint density at radius 3 is 2.50 bits per heavy atom. The van der Waals surface area contributed by atoms with Crippen LogP contribution in [0.25, 0.3) is 5.69 Å². The summed E-state index contributed by atoms with van der Waals surface area (Å²) in [6, 6.07) is 13.0. The molecule has 2 aliphatic rings. The highest BCUT2D eigenvalue weighted by Crippen LogP contribution is 2.42. The molecule has 0 spiro atoms. The molecule has 3 aromatic rings. The van der Waals surface area contributed by atoms with Crippen LogP contribution in [0.2, 0.25) is 0 Å². The Balaban J connectivity index is 1.62. The first-order chi connectivity index (χ1) is 16.3. The van der Waals surface area contributed by atoms with Crippen LogP contribution in [-0.4, -0.2) is 38.8 Å². The van der Waals surface area contributed by atoms with E-state index >= 15 is 0 Å². The van der Waals surface area contributed by atoms with Crippen LogP contribution >= 0.6 is 12.2 Å². The van der Waals surface area contributed by atoms with Crippen LogP contribution in [0.15, 0.2) is 42.6 Å². The molecule has 5 nitrogen and oxygen atoms in total. The first-order valence-corrected chi connectivity index (χ1v) is 12.6. The molecule has 2 saturated heterocycles. The summed E-state index contributed by atoms with van der Waals surface area (Å²) in [6.07, 6.45) is 4.28. The average molecular weight is 475 g/mol. The molecule has 1 N–H and O–H groups in total. The molecule has 6 heteroatoms. The summed E-state index contributed by atoms with van der Waals surface area (Å²) >= 11 is 5.89. The zero-order chi connectivity index (χ0) is 24.0. The molecule has 0 aliphatic carbocycles. The van der Waals surface area contributed by atoms with Gasteiger partial charge in [-0.15, -0.1) is 0 Å². The zero-order valence-electron chi connectivity index (χ0n) is 20.8. The molecule has 0 saturated carbocycles. The largest absolute Gasteiger partial charge is 0.376 e. The standard InChI is InChI=1S/C28H34N4OS/c1-17-13-18(2)26(19(3)14-17)32-20(4)15-23(21(32)5)27-25(24-10-6-7-11-29-24)30-28(34)31(27)16-22-9-8-12-33-22/h6-7,10-11,13-15,22,25,27H,8-9,12,16H2,1-5H3,(H,30,34)/t22-,25-,27+/m0/s1. The van der Waals surface area contributed by atoms with Gasteiger partial charge < -0.3 is 19.5 Å². The average Bonchev–Trinajstić information content (AvgIpc) is 3.49. The normalized spacial score (nSPS) is 22.4. The summed E-state index contributed by atoms with van der Waals surface area (Å²) < 4.78 is 8.43. The number of benzene rings is 1. The van der Waals surface area contributed by atoms with E-state index in [1.807, 2.05) is 12.3 Å². The minimum Gasteiger partial charge on any atom is -0.376 e. The number of rotatable bonds is 5. The van der Waals surface area contributed by atoms with Gasteiger partial charge >= 0.3 is 0 Å². The maximum Gasteiger partial charge on any atom is 0.170 e. The highest BCUT2D eigenvalue weighted by atomic mass is 32.1. The van der Waals surface area contributed by atoms with Crippen molar-refractivity contribution in [3.8, 4) is 5.69 Å². The van der Waals surface area contributed by atoms with Crippen LogP contribution in [-0.2, 0) is 4.74 Å². The van der Waals surface area contributed by atoms with E-state index in [0.717, 1.165) is 36.8 Å². The Bertz CT molecular complexity index is 1190. The van der Waals surface area contributed by atoms with Gasteiger partial charge in [-0.25, -0.2) is 0 Å². The molecule has 1 aromatic carbocycles. The van der Waals surface area contributed by atoms with E-state index in [-0.39, 0.29) is 18.2 Å². The third-order valence-corrected chi connectivity index (χ3v) is 7.62. The third-order valence-electron chi connectivity index (χ3n) is 7.27. The molecule has 2 fully saturated rings. The van der Waals surface area contributed by atoms with Gasteiger partial charge in [-0.3, -0.25) is 4.98 Å². The van der Waals surface area contributed by atoms with Crippen molar-refractivity contribution in [2.45, 2.75) is 65.6 Å². The second-order valence-electron chi connectivity index (χ2n) is 9.82. The van der Waals surface area contributed by atoms with Gasteiger partial charge in [0.05, 0.1) is 29.6 Å². The van der Waals surface area contributed by atoms with Crippen molar-refractivity contribution in [1.29, 1.82) is 0 Å². The maximum absolute atomic E-state index is 6.01. The van der Waals surface area contributed by atoms with Crippen molar-refractivity contribution in [1.82, 2.24) is 19.8 Å². The Kier molecular flexibility index (Phi) is 6.21. The predicted octanol–water partition coefficient (Wildman–Crippen LogP) is 5.57. The lowest BCUT2D eigenvalue weighted by atomic mass is 9.96. The van der Waals surface area contributed by atoms with Gasteiger partial charge in [-0.1, -0.05) is 23.8 Å². The Hall–Kier alpha value is -2.70. The molecule has 2 aliphatic heterocycles. The van der Waals surface area contributed by atoms with E-state index in [4.69, 9.17) is 21.9 Å². The summed E-state index contributed by atoms with van der Waals surface area (Å²) in [5.74, 6) is 0. The lowest BCUT2D eigenvalue weighted by Crippen LogP contribution is -2.36. The van der Waals surface area contributed by atoms with Gasteiger partial charge in [0, 0.05) is 30.7 Å². The van der Waals surface area contributed by atoms with Crippen LogP contribution in [0.5, 0.6) is 0 Å². The van der Waals surface area contributed by atoms with E-state index < -0.39 is 0 Å². The van der Waals surface area contributed by atoms with Crippen molar-refractivity contribution in [2.24, 2.45) is 0 Å². The van der Waals surface area contributed by atoms with Crippen molar-refractivity contribution >= 4 is 17.3 Å². The van der Waals surface area contributed by atoms with Crippen LogP contribution in [0.4, 0.5) is 0 Å². The Morgan fingerprint density at radius 1 is 1.09 bits per heavy atom. The molecular weight excluding hydrogens is 440 g/mol. The van der Waals surface area contributed by atoms with Crippen molar-refractivity contribution < 1.29 is 4.74 Å². The molecule has 4 heterocycles. The van der Waals surface area contributed by atoms with E-state index in [2.05, 4.69) is 79.7 Å². The van der Waals surface area contributed by atoms with Crippen molar-refractivity contribution in [3.05, 3.63) is 81.9 Å². The van der Waals surface area contributed by atoms with Crippen molar-refractivity contribution in [3.63, 3.8) is 0 Å². The topological polar surface area (TPSA) is 42.3 Å².